The first kappa shape index (κ1) is 15.3. The van der Waals surface area contributed by atoms with Gasteiger partial charge in [-0.25, -0.2) is 4.98 Å². The molecule has 0 saturated heterocycles. The monoisotopic (exact) mass is 351 g/mol. The van der Waals surface area contributed by atoms with Crippen LogP contribution in [0.2, 0.25) is 0 Å². The summed E-state index contributed by atoms with van der Waals surface area (Å²) in [6, 6.07) is 2.10. The molecule has 2 aromatic rings. The number of nitrogens with zero attached hydrogens (tertiary/aromatic N) is 2. The highest BCUT2D eigenvalue weighted by atomic mass is 79.9. The maximum atomic E-state index is 5.36. The Hall–Kier alpha value is -1.07. The van der Waals surface area contributed by atoms with Crippen molar-refractivity contribution in [1.29, 1.82) is 0 Å². The van der Waals surface area contributed by atoms with Crippen LogP contribution in [0.4, 0.5) is 0 Å². The van der Waals surface area contributed by atoms with Crippen molar-refractivity contribution in [3.63, 3.8) is 0 Å². The summed E-state index contributed by atoms with van der Waals surface area (Å²) in [6.45, 7) is 10.5. The van der Waals surface area contributed by atoms with Gasteiger partial charge < -0.3 is 4.98 Å². The fraction of sp³-hybridized carbons (Fsp3) is 0.400. The summed E-state index contributed by atoms with van der Waals surface area (Å²) in [5, 5.41) is 0. The number of rotatable bonds is 1. The van der Waals surface area contributed by atoms with Crippen molar-refractivity contribution in [1.82, 2.24) is 15.0 Å². The Kier molecular flexibility index (Phi) is 4.12. The normalized spacial score (nSPS) is 11.7. The molecule has 0 aliphatic carbocycles. The van der Waals surface area contributed by atoms with Crippen LogP contribution in [0.5, 0.6) is 0 Å². The highest BCUT2D eigenvalue weighted by Gasteiger charge is 2.21. The van der Waals surface area contributed by atoms with E-state index in [1.54, 1.807) is 0 Å². The van der Waals surface area contributed by atoms with Crippen LogP contribution in [0.15, 0.2) is 16.7 Å². The van der Waals surface area contributed by atoms with E-state index in [2.05, 4.69) is 57.7 Å². The minimum atomic E-state index is -0.0529. The first-order valence-corrected chi connectivity index (χ1v) is 7.64. The minimum Gasteiger partial charge on any atom is -0.340 e. The van der Waals surface area contributed by atoms with Gasteiger partial charge in [-0.05, 0) is 40.9 Å². The Morgan fingerprint density at radius 3 is 2.45 bits per heavy atom. The van der Waals surface area contributed by atoms with Crippen LogP contribution in [0.25, 0.3) is 11.5 Å². The van der Waals surface area contributed by atoms with Crippen LogP contribution >= 0.6 is 28.1 Å². The number of H-pyrrole nitrogens is 1. The third-order valence-electron chi connectivity index (χ3n) is 3.05. The first-order valence-electron chi connectivity index (χ1n) is 6.44. The summed E-state index contributed by atoms with van der Waals surface area (Å²) in [6.07, 6.45) is 1.85. The number of aromatic amines is 1. The fourth-order valence-electron chi connectivity index (χ4n) is 2.05. The van der Waals surface area contributed by atoms with Gasteiger partial charge in [-0.2, -0.15) is 0 Å². The number of nitrogens with one attached hydrogen (secondary N) is 1. The molecule has 0 aliphatic heterocycles. The highest BCUT2D eigenvalue weighted by molar-refractivity contribution is 9.10. The molecule has 0 spiro atoms. The second-order valence-electron chi connectivity index (χ2n) is 6.01. The number of hydrogen-bond donors (Lipinski definition) is 1. The van der Waals surface area contributed by atoms with E-state index < -0.39 is 0 Å². The Morgan fingerprint density at radius 1 is 1.25 bits per heavy atom. The Labute approximate surface area is 133 Å². The van der Waals surface area contributed by atoms with Crippen molar-refractivity contribution in [3.8, 4) is 11.5 Å². The van der Waals surface area contributed by atoms with E-state index in [0.717, 1.165) is 32.8 Å². The number of halogens is 1. The number of aryl methyl sites for hydroxylation is 2. The summed E-state index contributed by atoms with van der Waals surface area (Å²) >= 11 is 8.89. The Bertz CT molecular complexity index is 714. The van der Waals surface area contributed by atoms with E-state index in [9.17, 15) is 0 Å². The van der Waals surface area contributed by atoms with Gasteiger partial charge in [0.25, 0.3) is 0 Å². The van der Waals surface area contributed by atoms with E-state index in [0.29, 0.717) is 4.64 Å². The first-order chi connectivity index (χ1) is 9.20. The van der Waals surface area contributed by atoms with Gasteiger partial charge in [0.05, 0.1) is 4.47 Å². The summed E-state index contributed by atoms with van der Waals surface area (Å²) in [5.74, 6) is 0.723. The van der Waals surface area contributed by atoms with E-state index in [1.165, 1.54) is 0 Å². The zero-order valence-electron chi connectivity index (χ0n) is 12.3. The lowest BCUT2D eigenvalue weighted by atomic mass is 9.92. The predicted octanol–water partition coefficient (Wildman–Crippen LogP) is 4.88. The van der Waals surface area contributed by atoms with Gasteiger partial charge in [0, 0.05) is 17.3 Å². The molecule has 0 unspecified atom stereocenters. The highest BCUT2D eigenvalue weighted by Crippen LogP contribution is 2.30. The molecule has 20 heavy (non-hydrogen) atoms. The van der Waals surface area contributed by atoms with Crippen molar-refractivity contribution < 1.29 is 0 Å². The van der Waals surface area contributed by atoms with E-state index in [1.807, 2.05) is 20.0 Å². The van der Waals surface area contributed by atoms with Crippen LogP contribution in [0.1, 0.15) is 37.6 Å². The van der Waals surface area contributed by atoms with Crippen LogP contribution in [0.3, 0.4) is 0 Å². The number of aromatic nitrogens is 3. The van der Waals surface area contributed by atoms with Gasteiger partial charge in [-0.3, -0.25) is 4.98 Å². The van der Waals surface area contributed by atoms with Crippen molar-refractivity contribution >= 4 is 28.1 Å². The van der Waals surface area contributed by atoms with Gasteiger partial charge in [-0.15, -0.1) is 0 Å². The Balaban J connectivity index is 2.70. The average molecular weight is 352 g/mol. The zero-order valence-corrected chi connectivity index (χ0v) is 14.7. The van der Waals surface area contributed by atoms with Gasteiger partial charge in [0.1, 0.15) is 10.3 Å². The maximum absolute atomic E-state index is 5.36. The maximum Gasteiger partial charge on any atom is 0.158 e. The molecule has 2 aromatic heterocycles. The average Bonchev–Trinajstić information content (AvgIpc) is 2.31. The molecule has 2 heterocycles. The van der Waals surface area contributed by atoms with Gasteiger partial charge in [0.15, 0.2) is 5.82 Å². The second kappa shape index (κ2) is 5.37. The molecule has 0 atom stereocenters. The molecular weight excluding hydrogens is 334 g/mol. The molecule has 5 heteroatoms. The lowest BCUT2D eigenvalue weighted by Gasteiger charge is -2.21. The van der Waals surface area contributed by atoms with Gasteiger partial charge in [-0.1, -0.05) is 39.1 Å². The number of pyridine rings is 1. The molecule has 106 valence electrons. The molecule has 3 nitrogen and oxygen atoms in total. The molecular formula is C15H18BrN3S. The van der Waals surface area contributed by atoms with Crippen molar-refractivity contribution in [2.75, 3.05) is 0 Å². The van der Waals surface area contributed by atoms with Crippen LogP contribution in [-0.4, -0.2) is 15.0 Å². The van der Waals surface area contributed by atoms with E-state index >= 15 is 0 Å². The van der Waals surface area contributed by atoms with E-state index in [4.69, 9.17) is 12.2 Å². The van der Waals surface area contributed by atoms with Crippen LogP contribution in [0, 0.1) is 18.5 Å². The molecule has 0 fully saturated rings. The molecule has 0 aliphatic rings. The van der Waals surface area contributed by atoms with Crippen molar-refractivity contribution in [3.05, 3.63) is 38.2 Å². The molecule has 0 amide bonds. The fourth-order valence-corrected chi connectivity index (χ4v) is 3.03. The molecule has 2 rings (SSSR count). The zero-order chi connectivity index (χ0) is 15.1. The van der Waals surface area contributed by atoms with Crippen molar-refractivity contribution in [2.45, 2.75) is 40.0 Å². The van der Waals surface area contributed by atoms with Gasteiger partial charge >= 0.3 is 0 Å². The summed E-state index contributed by atoms with van der Waals surface area (Å²) in [7, 11) is 0. The smallest absolute Gasteiger partial charge is 0.158 e. The lowest BCUT2D eigenvalue weighted by Crippen LogP contribution is -2.16. The largest absolute Gasteiger partial charge is 0.340 e. The third-order valence-corrected chi connectivity index (χ3v) is 4.38. The topological polar surface area (TPSA) is 41.6 Å². The predicted molar refractivity (Wildman–Crippen MR) is 88.5 cm³/mol. The second-order valence-corrected chi connectivity index (χ2v) is 7.19. The summed E-state index contributed by atoms with van der Waals surface area (Å²) in [4.78, 5) is 12.3. The summed E-state index contributed by atoms with van der Waals surface area (Å²) in [5.41, 5.74) is 4.06. The summed E-state index contributed by atoms with van der Waals surface area (Å²) < 4.78 is 1.42. The Morgan fingerprint density at radius 2 is 1.90 bits per heavy atom. The molecule has 1 N–H and O–H groups in total. The van der Waals surface area contributed by atoms with Gasteiger partial charge in [0.2, 0.25) is 0 Å². The van der Waals surface area contributed by atoms with Crippen LogP contribution < -0.4 is 0 Å². The molecule has 0 radical (unpaired) electrons. The van der Waals surface area contributed by atoms with E-state index in [-0.39, 0.29) is 5.41 Å². The molecule has 0 bridgehead atoms. The van der Waals surface area contributed by atoms with Crippen LogP contribution in [-0.2, 0) is 5.41 Å². The van der Waals surface area contributed by atoms with Crippen molar-refractivity contribution in [2.24, 2.45) is 0 Å². The SMILES string of the molecule is Cc1cnc(-c2nc(=S)c(Br)c(C(C)(C)C)[nH]2)c(C)c1. The number of hydrogen-bond acceptors (Lipinski definition) is 3. The lowest BCUT2D eigenvalue weighted by molar-refractivity contribution is 0.563. The quantitative estimate of drug-likeness (QED) is 0.744. The standard InChI is InChI=1S/C15H18BrN3S/c1-8-6-9(2)11(17-7-8)13-18-12(15(3,4)5)10(16)14(20)19-13/h6-7H,1-5H3,(H,18,19,20). The third kappa shape index (κ3) is 2.99. The molecule has 0 saturated carbocycles. The molecule has 0 aromatic carbocycles. The minimum absolute atomic E-state index is 0.0529.